The highest BCUT2D eigenvalue weighted by Gasteiger charge is 2.27. The van der Waals surface area contributed by atoms with Crippen molar-refractivity contribution in [3.8, 4) is 0 Å². The average Bonchev–Trinajstić information content (AvgIpc) is 2.99. The molecule has 1 aliphatic rings. The Kier molecular flexibility index (Phi) is 4.83. The van der Waals surface area contributed by atoms with Gasteiger partial charge in [-0.25, -0.2) is 14.2 Å². The third-order valence-corrected chi connectivity index (χ3v) is 4.65. The van der Waals surface area contributed by atoms with Crippen molar-refractivity contribution in [2.75, 3.05) is 6.54 Å². The highest BCUT2D eigenvalue weighted by Crippen LogP contribution is 2.23. The molecule has 2 unspecified atom stereocenters. The molecule has 1 aromatic heterocycles. The Morgan fingerprint density at radius 2 is 2.08 bits per heavy atom. The molecule has 1 saturated heterocycles. The molecule has 0 saturated carbocycles. The van der Waals surface area contributed by atoms with Crippen LogP contribution in [0.2, 0.25) is 0 Å². The van der Waals surface area contributed by atoms with E-state index in [1.165, 1.54) is 12.1 Å². The van der Waals surface area contributed by atoms with Gasteiger partial charge in [-0.2, -0.15) is 0 Å². The Labute approximate surface area is 141 Å². The standard InChI is InChI=1S/C18H23FN4O/c1-13-5-3-4-11-23(13)18(24)21-16(17-20-10-12-22(17)2)14-6-8-15(19)9-7-14/h6-10,12-13,16H,3-5,11H2,1-2H3,(H,21,24). The number of benzene rings is 1. The summed E-state index contributed by atoms with van der Waals surface area (Å²) in [4.78, 5) is 19.0. The fourth-order valence-corrected chi connectivity index (χ4v) is 3.21. The minimum atomic E-state index is -0.410. The van der Waals surface area contributed by atoms with Crippen LogP contribution in [0.15, 0.2) is 36.7 Å². The summed E-state index contributed by atoms with van der Waals surface area (Å²) in [5.74, 6) is 0.424. The van der Waals surface area contributed by atoms with Gasteiger partial charge in [0.25, 0.3) is 0 Å². The van der Waals surface area contributed by atoms with Crippen LogP contribution in [0.5, 0.6) is 0 Å². The number of hydrogen-bond donors (Lipinski definition) is 1. The van der Waals surface area contributed by atoms with Crippen molar-refractivity contribution in [2.45, 2.75) is 38.3 Å². The number of amides is 2. The Bertz CT molecular complexity index is 697. The Morgan fingerprint density at radius 1 is 1.33 bits per heavy atom. The van der Waals surface area contributed by atoms with Crippen molar-refractivity contribution in [2.24, 2.45) is 7.05 Å². The molecule has 2 aromatic rings. The Hall–Kier alpha value is -2.37. The fraction of sp³-hybridized carbons (Fsp3) is 0.444. The number of carbonyl (C=O) groups excluding carboxylic acids is 1. The van der Waals surface area contributed by atoms with E-state index in [0.29, 0.717) is 0 Å². The molecule has 2 heterocycles. The quantitative estimate of drug-likeness (QED) is 0.939. The minimum Gasteiger partial charge on any atom is -0.336 e. The van der Waals surface area contributed by atoms with Gasteiger partial charge in [0.1, 0.15) is 17.7 Å². The van der Waals surface area contributed by atoms with Crippen LogP contribution in [0.1, 0.15) is 43.6 Å². The Morgan fingerprint density at radius 3 is 2.71 bits per heavy atom. The zero-order chi connectivity index (χ0) is 17.1. The van der Waals surface area contributed by atoms with Crippen LogP contribution in [0.25, 0.3) is 0 Å². The van der Waals surface area contributed by atoms with E-state index < -0.39 is 6.04 Å². The lowest BCUT2D eigenvalue weighted by Crippen LogP contribution is -2.48. The van der Waals surface area contributed by atoms with Gasteiger partial charge in [-0.05, 0) is 43.9 Å². The highest BCUT2D eigenvalue weighted by atomic mass is 19.1. The smallest absolute Gasteiger partial charge is 0.318 e. The van der Waals surface area contributed by atoms with Crippen LogP contribution >= 0.6 is 0 Å². The molecule has 0 bridgehead atoms. The van der Waals surface area contributed by atoms with E-state index in [-0.39, 0.29) is 17.9 Å². The topological polar surface area (TPSA) is 50.2 Å². The van der Waals surface area contributed by atoms with E-state index >= 15 is 0 Å². The average molecular weight is 330 g/mol. The minimum absolute atomic E-state index is 0.0977. The summed E-state index contributed by atoms with van der Waals surface area (Å²) in [7, 11) is 1.88. The molecule has 0 radical (unpaired) electrons. The van der Waals surface area contributed by atoms with Crippen LogP contribution in [0.4, 0.5) is 9.18 Å². The molecule has 6 heteroatoms. The summed E-state index contributed by atoms with van der Waals surface area (Å²) in [6.45, 7) is 2.84. The number of aryl methyl sites for hydroxylation is 1. The van der Waals surface area contributed by atoms with E-state index in [1.54, 1.807) is 18.3 Å². The fourth-order valence-electron chi connectivity index (χ4n) is 3.21. The number of rotatable bonds is 3. The molecule has 5 nitrogen and oxygen atoms in total. The molecule has 0 spiro atoms. The van der Waals surface area contributed by atoms with Crippen LogP contribution in [-0.4, -0.2) is 33.1 Å². The summed E-state index contributed by atoms with van der Waals surface area (Å²) in [6, 6.07) is 5.91. The van der Waals surface area contributed by atoms with Gasteiger partial charge in [0.05, 0.1) is 0 Å². The first-order valence-electron chi connectivity index (χ1n) is 8.36. The number of carbonyl (C=O) groups is 1. The first kappa shape index (κ1) is 16.5. The monoisotopic (exact) mass is 330 g/mol. The second kappa shape index (κ2) is 7.03. The molecule has 0 aliphatic carbocycles. The number of nitrogens with one attached hydrogen (secondary N) is 1. The van der Waals surface area contributed by atoms with Crippen molar-refractivity contribution in [3.05, 3.63) is 53.9 Å². The van der Waals surface area contributed by atoms with Gasteiger partial charge in [-0.1, -0.05) is 12.1 Å². The van der Waals surface area contributed by atoms with Gasteiger partial charge in [-0.3, -0.25) is 0 Å². The van der Waals surface area contributed by atoms with Gasteiger partial charge in [0.2, 0.25) is 0 Å². The number of hydrogen-bond acceptors (Lipinski definition) is 2. The van der Waals surface area contributed by atoms with Crippen LogP contribution < -0.4 is 5.32 Å². The normalized spacial score (nSPS) is 19.1. The van der Waals surface area contributed by atoms with Crippen LogP contribution in [0, 0.1) is 5.82 Å². The predicted octanol–water partition coefficient (Wildman–Crippen LogP) is 3.23. The third-order valence-electron chi connectivity index (χ3n) is 4.65. The van der Waals surface area contributed by atoms with Gasteiger partial charge in [-0.15, -0.1) is 0 Å². The summed E-state index contributed by atoms with van der Waals surface area (Å²) in [5.41, 5.74) is 0.809. The van der Waals surface area contributed by atoms with Crippen LogP contribution in [-0.2, 0) is 7.05 Å². The number of halogens is 1. The number of imidazole rings is 1. The van der Waals surface area contributed by atoms with E-state index in [2.05, 4.69) is 17.2 Å². The second-order valence-corrected chi connectivity index (χ2v) is 6.37. The van der Waals surface area contributed by atoms with Crippen molar-refractivity contribution in [1.82, 2.24) is 19.8 Å². The number of aromatic nitrogens is 2. The van der Waals surface area contributed by atoms with E-state index in [1.807, 2.05) is 22.7 Å². The summed E-state index contributed by atoms with van der Waals surface area (Å²) >= 11 is 0. The number of likely N-dealkylation sites (tertiary alicyclic amines) is 1. The molecule has 128 valence electrons. The van der Waals surface area contributed by atoms with E-state index in [9.17, 15) is 9.18 Å². The second-order valence-electron chi connectivity index (χ2n) is 6.37. The van der Waals surface area contributed by atoms with E-state index in [4.69, 9.17) is 0 Å². The van der Waals surface area contributed by atoms with Crippen molar-refractivity contribution >= 4 is 6.03 Å². The molecular weight excluding hydrogens is 307 g/mol. The molecule has 1 fully saturated rings. The first-order chi connectivity index (χ1) is 11.6. The molecule has 24 heavy (non-hydrogen) atoms. The Balaban J connectivity index is 1.86. The first-order valence-corrected chi connectivity index (χ1v) is 8.36. The highest BCUT2D eigenvalue weighted by molar-refractivity contribution is 5.75. The molecule has 1 aliphatic heterocycles. The van der Waals surface area contributed by atoms with Crippen molar-refractivity contribution in [3.63, 3.8) is 0 Å². The SMILES string of the molecule is CC1CCCCN1C(=O)NC(c1ccc(F)cc1)c1nccn1C. The number of urea groups is 1. The molecular formula is C18H23FN4O. The summed E-state index contributed by atoms with van der Waals surface area (Å²) < 4.78 is 15.1. The van der Waals surface area contributed by atoms with Gasteiger partial charge in [0.15, 0.2) is 0 Å². The number of piperidine rings is 1. The lowest BCUT2D eigenvalue weighted by Gasteiger charge is -2.34. The zero-order valence-electron chi connectivity index (χ0n) is 14.1. The molecule has 2 atom stereocenters. The van der Waals surface area contributed by atoms with Crippen LogP contribution in [0.3, 0.4) is 0 Å². The maximum absolute atomic E-state index is 13.3. The summed E-state index contributed by atoms with van der Waals surface area (Å²) in [5, 5.41) is 3.08. The molecule has 3 rings (SSSR count). The summed E-state index contributed by atoms with van der Waals surface area (Å²) in [6.07, 6.45) is 6.74. The molecule has 1 N–H and O–H groups in total. The van der Waals surface area contributed by atoms with Gasteiger partial charge >= 0.3 is 6.03 Å². The van der Waals surface area contributed by atoms with Gasteiger partial charge < -0.3 is 14.8 Å². The van der Waals surface area contributed by atoms with Gasteiger partial charge in [0, 0.05) is 32.0 Å². The lowest BCUT2D eigenvalue weighted by molar-refractivity contribution is 0.155. The maximum Gasteiger partial charge on any atom is 0.318 e. The predicted molar refractivity (Wildman–Crippen MR) is 90.0 cm³/mol. The zero-order valence-corrected chi connectivity index (χ0v) is 14.1. The maximum atomic E-state index is 13.3. The largest absolute Gasteiger partial charge is 0.336 e. The van der Waals surface area contributed by atoms with Crippen molar-refractivity contribution in [1.29, 1.82) is 0 Å². The number of nitrogens with zero attached hydrogens (tertiary/aromatic N) is 3. The van der Waals surface area contributed by atoms with E-state index in [0.717, 1.165) is 37.2 Å². The van der Waals surface area contributed by atoms with Crippen molar-refractivity contribution < 1.29 is 9.18 Å². The third kappa shape index (κ3) is 3.42. The molecule has 2 amide bonds. The molecule has 1 aromatic carbocycles. The lowest BCUT2D eigenvalue weighted by atomic mass is 10.0.